The number of amides is 1. The van der Waals surface area contributed by atoms with Crippen molar-refractivity contribution in [2.24, 2.45) is 0 Å². The smallest absolute Gasteiger partial charge is 0.260 e. The second-order valence-electron chi connectivity index (χ2n) is 7.72. The average molecular weight is 516 g/mol. The summed E-state index contributed by atoms with van der Waals surface area (Å²) < 4.78 is 4.84. The molecule has 1 unspecified atom stereocenters. The lowest BCUT2D eigenvalue weighted by atomic mass is 10.1. The van der Waals surface area contributed by atoms with E-state index in [9.17, 15) is 15.0 Å². The highest BCUT2D eigenvalue weighted by Gasteiger charge is 2.33. The number of aromatic hydroxyl groups is 1. The molecule has 166 valence electrons. The van der Waals surface area contributed by atoms with Gasteiger partial charge in [0.25, 0.3) is 5.91 Å². The van der Waals surface area contributed by atoms with Gasteiger partial charge in [-0.15, -0.1) is 0 Å². The molecule has 1 amide bonds. The van der Waals surface area contributed by atoms with Crippen LogP contribution < -0.4 is 15.5 Å². The molecule has 1 aliphatic rings. The molecule has 3 aromatic rings. The van der Waals surface area contributed by atoms with E-state index in [2.05, 4.69) is 30.9 Å². The highest BCUT2D eigenvalue weighted by molar-refractivity contribution is 9.10. The van der Waals surface area contributed by atoms with Crippen LogP contribution in [0.15, 0.2) is 46.9 Å². The van der Waals surface area contributed by atoms with Crippen molar-refractivity contribution < 1.29 is 15.0 Å². The molecule has 1 aromatic heterocycles. The monoisotopic (exact) mass is 515 g/mol. The molecule has 0 bridgehead atoms. The van der Waals surface area contributed by atoms with Crippen LogP contribution in [0.1, 0.15) is 35.3 Å². The van der Waals surface area contributed by atoms with Gasteiger partial charge >= 0.3 is 0 Å². The summed E-state index contributed by atoms with van der Waals surface area (Å²) in [6, 6.07) is 12.5. The number of aliphatic hydroxyl groups excluding tert-OH is 1. The Hall–Kier alpha value is -2.95. The quantitative estimate of drug-likeness (QED) is 0.256. The van der Waals surface area contributed by atoms with Gasteiger partial charge < -0.3 is 20.8 Å². The summed E-state index contributed by atoms with van der Waals surface area (Å²) in [6.07, 6.45) is -0.566. The van der Waals surface area contributed by atoms with E-state index < -0.39 is 6.23 Å². The lowest BCUT2D eigenvalue weighted by Crippen LogP contribution is -2.37. The van der Waals surface area contributed by atoms with Crippen LogP contribution in [-0.4, -0.2) is 38.6 Å². The maximum Gasteiger partial charge on any atom is 0.260 e. The molecule has 2 heterocycles. The molecule has 2 aromatic carbocycles. The summed E-state index contributed by atoms with van der Waals surface area (Å²) in [5, 5.41) is 35.4. The van der Waals surface area contributed by atoms with Crippen LogP contribution in [0.3, 0.4) is 0 Å². The minimum absolute atomic E-state index is 0.0194. The minimum Gasteiger partial charge on any atom is -0.492 e. The van der Waals surface area contributed by atoms with E-state index in [0.717, 1.165) is 21.6 Å². The third kappa shape index (κ3) is 4.34. The van der Waals surface area contributed by atoms with Crippen LogP contribution in [0.25, 0.3) is 0 Å². The Balaban J connectivity index is 1.60. The van der Waals surface area contributed by atoms with E-state index in [4.69, 9.17) is 5.41 Å². The lowest BCUT2D eigenvalue weighted by Gasteiger charge is -2.22. The molecule has 0 spiro atoms. The number of benzene rings is 2. The van der Waals surface area contributed by atoms with Crippen molar-refractivity contribution in [3.63, 3.8) is 0 Å². The van der Waals surface area contributed by atoms with Crippen molar-refractivity contribution >= 4 is 55.6 Å². The summed E-state index contributed by atoms with van der Waals surface area (Å²) in [7, 11) is 0. The molecule has 32 heavy (non-hydrogen) atoms. The molecule has 5 N–H and O–H groups in total. The molecule has 0 saturated heterocycles. The van der Waals surface area contributed by atoms with Crippen molar-refractivity contribution in [2.75, 3.05) is 10.2 Å². The first-order valence-electron chi connectivity index (χ1n) is 9.96. The molecular weight excluding hydrogens is 494 g/mol. The van der Waals surface area contributed by atoms with Gasteiger partial charge in [-0.25, -0.2) is 0 Å². The van der Waals surface area contributed by atoms with Crippen LogP contribution in [0.4, 0.5) is 16.4 Å². The second kappa shape index (κ2) is 8.89. The van der Waals surface area contributed by atoms with Crippen molar-refractivity contribution in [1.82, 2.24) is 9.69 Å². The van der Waals surface area contributed by atoms with Gasteiger partial charge in [0, 0.05) is 28.2 Å². The van der Waals surface area contributed by atoms with E-state index in [0.29, 0.717) is 28.4 Å². The van der Waals surface area contributed by atoms with Gasteiger partial charge in [0.2, 0.25) is 5.88 Å². The fourth-order valence-corrected chi connectivity index (χ4v) is 4.72. The van der Waals surface area contributed by atoms with Crippen molar-refractivity contribution in [2.45, 2.75) is 32.5 Å². The van der Waals surface area contributed by atoms with Crippen LogP contribution >= 0.6 is 27.5 Å². The zero-order valence-electron chi connectivity index (χ0n) is 17.4. The SMILES string of the molecule is CC(C)NC(=N)c1c(O)nsc1Nc1cccc(C(=O)N2c3ccc(Br)cc3CC2O)c1. The molecule has 1 atom stereocenters. The van der Waals surface area contributed by atoms with Crippen LogP contribution in [0, 0.1) is 5.41 Å². The number of rotatable bonds is 5. The Morgan fingerprint density at radius 1 is 1.31 bits per heavy atom. The molecule has 0 aliphatic carbocycles. The fourth-order valence-electron chi connectivity index (χ4n) is 3.60. The molecular formula is C22H22BrN5O3S. The Kier molecular flexibility index (Phi) is 6.18. The number of anilines is 3. The largest absolute Gasteiger partial charge is 0.492 e. The third-order valence-corrected chi connectivity index (χ3v) is 6.19. The van der Waals surface area contributed by atoms with Crippen LogP contribution in [0.5, 0.6) is 5.88 Å². The summed E-state index contributed by atoms with van der Waals surface area (Å²) in [6.45, 7) is 3.80. The van der Waals surface area contributed by atoms with Gasteiger partial charge in [0.1, 0.15) is 22.6 Å². The third-order valence-electron chi connectivity index (χ3n) is 4.94. The van der Waals surface area contributed by atoms with E-state index in [1.807, 2.05) is 32.0 Å². The standard InChI is InChI=1S/C22H22BrN5O3S/c1-11(2)25-19(24)18-20(30)27-32-21(18)26-15-5-3-4-12(9-15)22(31)28-16-7-6-14(23)8-13(16)10-17(28)29/h3-9,11,17,26,29H,10H2,1-2H3,(H2,24,25)(H,27,30). The highest BCUT2D eigenvalue weighted by atomic mass is 79.9. The minimum atomic E-state index is -0.934. The highest BCUT2D eigenvalue weighted by Crippen LogP contribution is 2.35. The first-order chi connectivity index (χ1) is 15.2. The number of amidine groups is 1. The summed E-state index contributed by atoms with van der Waals surface area (Å²) in [5.74, 6) is -0.487. The molecule has 8 nitrogen and oxygen atoms in total. The predicted octanol–water partition coefficient (Wildman–Crippen LogP) is 4.20. The number of aromatic nitrogens is 1. The Bertz CT molecular complexity index is 1200. The van der Waals surface area contributed by atoms with Gasteiger partial charge in [0.05, 0.1) is 5.69 Å². The Labute approximate surface area is 197 Å². The molecule has 0 radical (unpaired) electrons. The molecule has 4 rings (SSSR count). The number of carbonyl (C=O) groups excluding carboxylic acids is 1. The average Bonchev–Trinajstić information content (AvgIpc) is 3.25. The Morgan fingerprint density at radius 3 is 2.84 bits per heavy atom. The number of nitrogens with one attached hydrogen (secondary N) is 3. The number of halogens is 1. The Morgan fingerprint density at radius 2 is 2.09 bits per heavy atom. The van der Waals surface area contributed by atoms with E-state index >= 15 is 0 Å². The van der Waals surface area contributed by atoms with Gasteiger partial charge in [-0.1, -0.05) is 22.0 Å². The zero-order chi connectivity index (χ0) is 23.0. The number of fused-ring (bicyclic) bond motifs is 1. The first-order valence-corrected chi connectivity index (χ1v) is 11.5. The summed E-state index contributed by atoms with van der Waals surface area (Å²) >= 11 is 4.45. The molecule has 1 aliphatic heterocycles. The van der Waals surface area contributed by atoms with Gasteiger partial charge in [-0.2, -0.15) is 4.37 Å². The predicted molar refractivity (Wildman–Crippen MR) is 129 cm³/mol. The molecule has 0 saturated carbocycles. The number of carbonyl (C=O) groups is 1. The van der Waals surface area contributed by atoms with E-state index in [1.54, 1.807) is 24.3 Å². The maximum atomic E-state index is 13.2. The number of hydrogen-bond acceptors (Lipinski definition) is 7. The van der Waals surface area contributed by atoms with Gasteiger partial charge in [0.15, 0.2) is 0 Å². The van der Waals surface area contributed by atoms with Gasteiger partial charge in [-0.05, 0) is 67.3 Å². The van der Waals surface area contributed by atoms with Crippen molar-refractivity contribution in [1.29, 1.82) is 5.41 Å². The topological polar surface area (TPSA) is 122 Å². The normalized spacial score (nSPS) is 15.0. The van der Waals surface area contributed by atoms with Crippen molar-refractivity contribution in [3.8, 4) is 5.88 Å². The first kappa shape index (κ1) is 22.3. The maximum absolute atomic E-state index is 13.2. The number of hydrogen-bond donors (Lipinski definition) is 5. The number of nitrogens with zero attached hydrogens (tertiary/aromatic N) is 2. The molecule has 0 fully saturated rings. The fraction of sp³-hybridized carbons (Fsp3) is 0.227. The van der Waals surface area contributed by atoms with Crippen molar-refractivity contribution in [3.05, 3.63) is 63.6 Å². The molecule has 10 heteroatoms. The summed E-state index contributed by atoms with van der Waals surface area (Å²) in [4.78, 5) is 14.6. The van der Waals surface area contributed by atoms with E-state index in [1.165, 1.54) is 4.90 Å². The van der Waals surface area contributed by atoms with Gasteiger partial charge in [-0.3, -0.25) is 15.1 Å². The summed E-state index contributed by atoms with van der Waals surface area (Å²) in [5.41, 5.74) is 2.86. The van der Waals surface area contributed by atoms with Crippen LogP contribution in [-0.2, 0) is 6.42 Å². The van der Waals surface area contributed by atoms with Crippen LogP contribution in [0.2, 0.25) is 0 Å². The van der Waals surface area contributed by atoms with E-state index in [-0.39, 0.29) is 29.2 Å². The second-order valence-corrected chi connectivity index (χ2v) is 9.41. The zero-order valence-corrected chi connectivity index (χ0v) is 19.8. The number of aliphatic hydroxyl groups is 1. The lowest BCUT2D eigenvalue weighted by molar-refractivity contribution is 0.0904.